The summed E-state index contributed by atoms with van der Waals surface area (Å²) in [7, 11) is 0. The number of fused-ring (bicyclic) bond motifs is 1. The Kier molecular flexibility index (Phi) is 6.26. The van der Waals surface area contributed by atoms with E-state index in [0.29, 0.717) is 30.1 Å². The summed E-state index contributed by atoms with van der Waals surface area (Å²) < 4.78 is 5.97. The summed E-state index contributed by atoms with van der Waals surface area (Å²) in [6.07, 6.45) is 11.0. The van der Waals surface area contributed by atoms with Gasteiger partial charge in [-0.15, -0.1) is 0 Å². The second-order valence-electron chi connectivity index (χ2n) is 9.25. The fourth-order valence-corrected chi connectivity index (χ4v) is 6.40. The smallest absolute Gasteiger partial charge is 0.133 e. The SMILES string of the molecule is CCCC[C@H]1[C@H]([C@@H]2CCC(=O)C2)CC[C@H]2C[C@](C)(O)[C@@H](OCC)C[C@@H]21. The van der Waals surface area contributed by atoms with Crippen LogP contribution in [0.4, 0.5) is 0 Å². The van der Waals surface area contributed by atoms with E-state index in [9.17, 15) is 9.90 Å². The van der Waals surface area contributed by atoms with Gasteiger partial charge in [-0.1, -0.05) is 19.8 Å². The zero-order chi connectivity index (χ0) is 18.0. The quantitative estimate of drug-likeness (QED) is 0.751. The summed E-state index contributed by atoms with van der Waals surface area (Å²) >= 11 is 0. The number of Topliss-reactive ketones (excluding diaryl/α,β-unsaturated/α-hetero) is 1. The van der Waals surface area contributed by atoms with Crippen molar-refractivity contribution in [2.45, 2.75) is 96.7 Å². The zero-order valence-electron chi connectivity index (χ0n) is 16.5. The lowest BCUT2D eigenvalue weighted by Crippen LogP contribution is -2.53. The van der Waals surface area contributed by atoms with Crippen molar-refractivity contribution < 1.29 is 14.6 Å². The molecular weight excluding hydrogens is 312 g/mol. The van der Waals surface area contributed by atoms with E-state index < -0.39 is 5.60 Å². The van der Waals surface area contributed by atoms with E-state index in [1.54, 1.807) is 0 Å². The first-order chi connectivity index (χ1) is 12.0. The van der Waals surface area contributed by atoms with E-state index in [1.165, 1.54) is 32.1 Å². The molecule has 25 heavy (non-hydrogen) atoms. The van der Waals surface area contributed by atoms with E-state index in [0.717, 1.165) is 43.9 Å². The van der Waals surface area contributed by atoms with E-state index in [2.05, 4.69) is 6.92 Å². The highest BCUT2D eigenvalue weighted by atomic mass is 16.5. The van der Waals surface area contributed by atoms with E-state index >= 15 is 0 Å². The van der Waals surface area contributed by atoms with Gasteiger partial charge < -0.3 is 9.84 Å². The molecule has 0 amide bonds. The van der Waals surface area contributed by atoms with Crippen molar-refractivity contribution in [2.24, 2.45) is 29.6 Å². The third-order valence-electron chi connectivity index (χ3n) is 7.58. The molecule has 0 aliphatic heterocycles. The number of unbranched alkanes of at least 4 members (excludes halogenated alkanes) is 1. The number of hydrogen-bond acceptors (Lipinski definition) is 3. The highest BCUT2D eigenvalue weighted by Crippen LogP contribution is 2.54. The van der Waals surface area contributed by atoms with E-state index in [1.807, 2.05) is 13.8 Å². The Morgan fingerprint density at radius 1 is 1.16 bits per heavy atom. The van der Waals surface area contributed by atoms with Crippen LogP contribution in [0.25, 0.3) is 0 Å². The van der Waals surface area contributed by atoms with E-state index in [-0.39, 0.29) is 6.10 Å². The molecule has 1 N–H and O–H groups in total. The molecular formula is C22H38O3. The summed E-state index contributed by atoms with van der Waals surface area (Å²) in [6.45, 7) is 6.97. The average molecular weight is 351 g/mol. The maximum absolute atomic E-state index is 11.9. The van der Waals surface area contributed by atoms with Crippen molar-refractivity contribution in [2.75, 3.05) is 6.61 Å². The molecule has 3 nitrogen and oxygen atoms in total. The fourth-order valence-electron chi connectivity index (χ4n) is 6.40. The molecule has 3 heteroatoms. The van der Waals surface area contributed by atoms with Crippen LogP contribution in [0.15, 0.2) is 0 Å². The van der Waals surface area contributed by atoms with Gasteiger partial charge >= 0.3 is 0 Å². The summed E-state index contributed by atoms with van der Waals surface area (Å²) in [5.41, 5.74) is -0.678. The topological polar surface area (TPSA) is 46.5 Å². The van der Waals surface area contributed by atoms with Gasteiger partial charge in [0.15, 0.2) is 0 Å². The first-order valence-electron chi connectivity index (χ1n) is 10.8. The summed E-state index contributed by atoms with van der Waals surface area (Å²) in [4.78, 5) is 11.9. The van der Waals surface area contributed by atoms with Crippen LogP contribution in [-0.4, -0.2) is 29.2 Å². The minimum absolute atomic E-state index is 0.0214. The van der Waals surface area contributed by atoms with Gasteiger partial charge in [0.2, 0.25) is 0 Å². The highest BCUT2D eigenvalue weighted by Gasteiger charge is 2.51. The maximum atomic E-state index is 11.9. The zero-order valence-corrected chi connectivity index (χ0v) is 16.5. The molecule has 3 rings (SSSR count). The van der Waals surface area contributed by atoms with Gasteiger partial charge in [-0.25, -0.2) is 0 Å². The minimum atomic E-state index is -0.678. The molecule has 0 unspecified atom stereocenters. The molecule has 0 aromatic heterocycles. The molecule has 0 heterocycles. The Labute approximate surface area is 153 Å². The van der Waals surface area contributed by atoms with Crippen LogP contribution in [0.5, 0.6) is 0 Å². The first kappa shape index (κ1) is 19.4. The largest absolute Gasteiger partial charge is 0.387 e. The summed E-state index contributed by atoms with van der Waals surface area (Å²) in [6, 6.07) is 0. The number of rotatable bonds is 6. The molecule has 0 aromatic rings. The van der Waals surface area contributed by atoms with Gasteiger partial charge in [0.1, 0.15) is 5.78 Å². The van der Waals surface area contributed by atoms with E-state index in [4.69, 9.17) is 4.74 Å². The number of ether oxygens (including phenoxy) is 1. The lowest BCUT2D eigenvalue weighted by Gasteiger charge is -2.53. The number of ketones is 1. The lowest BCUT2D eigenvalue weighted by molar-refractivity contribution is -0.163. The van der Waals surface area contributed by atoms with Crippen LogP contribution in [0, 0.1) is 29.6 Å². The molecule has 144 valence electrons. The van der Waals surface area contributed by atoms with Gasteiger partial charge in [-0.3, -0.25) is 4.79 Å². The molecule has 3 fully saturated rings. The monoisotopic (exact) mass is 350 g/mol. The van der Waals surface area contributed by atoms with Crippen molar-refractivity contribution in [3.05, 3.63) is 0 Å². The fraction of sp³-hybridized carbons (Fsp3) is 0.955. The van der Waals surface area contributed by atoms with Gasteiger partial charge in [0, 0.05) is 19.4 Å². The Hall–Kier alpha value is -0.410. The highest BCUT2D eigenvalue weighted by molar-refractivity contribution is 5.80. The van der Waals surface area contributed by atoms with Crippen molar-refractivity contribution in [1.82, 2.24) is 0 Å². The second kappa shape index (κ2) is 8.08. The van der Waals surface area contributed by atoms with Crippen LogP contribution >= 0.6 is 0 Å². The number of aliphatic hydroxyl groups is 1. The molecule has 0 saturated heterocycles. The lowest BCUT2D eigenvalue weighted by atomic mass is 9.55. The Balaban J connectivity index is 1.78. The predicted molar refractivity (Wildman–Crippen MR) is 100 cm³/mol. The number of carbonyl (C=O) groups is 1. The van der Waals surface area contributed by atoms with Crippen molar-refractivity contribution >= 4 is 5.78 Å². The first-order valence-corrected chi connectivity index (χ1v) is 10.8. The molecule has 7 atom stereocenters. The molecule has 0 radical (unpaired) electrons. The van der Waals surface area contributed by atoms with Crippen LogP contribution in [-0.2, 0) is 9.53 Å². The van der Waals surface area contributed by atoms with Crippen LogP contribution < -0.4 is 0 Å². The average Bonchev–Trinajstić information content (AvgIpc) is 2.99. The van der Waals surface area contributed by atoms with Crippen molar-refractivity contribution in [3.63, 3.8) is 0 Å². The maximum Gasteiger partial charge on any atom is 0.133 e. The van der Waals surface area contributed by atoms with Gasteiger partial charge in [-0.05, 0) is 82.0 Å². The molecule has 3 aliphatic rings. The van der Waals surface area contributed by atoms with Crippen LogP contribution in [0.1, 0.15) is 85.0 Å². The molecule has 3 aliphatic carbocycles. The van der Waals surface area contributed by atoms with Crippen molar-refractivity contribution in [3.8, 4) is 0 Å². The van der Waals surface area contributed by atoms with Crippen LogP contribution in [0.3, 0.4) is 0 Å². The Bertz CT molecular complexity index is 458. The third-order valence-corrected chi connectivity index (χ3v) is 7.58. The molecule has 0 spiro atoms. The summed E-state index contributed by atoms with van der Waals surface area (Å²) in [5, 5.41) is 10.9. The third kappa shape index (κ3) is 4.13. The van der Waals surface area contributed by atoms with Crippen molar-refractivity contribution in [1.29, 1.82) is 0 Å². The predicted octanol–water partition coefficient (Wildman–Crippen LogP) is 4.75. The van der Waals surface area contributed by atoms with Gasteiger partial charge in [0.25, 0.3) is 0 Å². The van der Waals surface area contributed by atoms with Gasteiger partial charge in [0.05, 0.1) is 11.7 Å². The normalized spacial score (nSPS) is 44.7. The molecule has 0 aromatic carbocycles. The molecule has 0 bridgehead atoms. The molecule has 3 saturated carbocycles. The van der Waals surface area contributed by atoms with Gasteiger partial charge in [-0.2, -0.15) is 0 Å². The Morgan fingerprint density at radius 3 is 2.60 bits per heavy atom. The Morgan fingerprint density at radius 2 is 1.96 bits per heavy atom. The standard InChI is InChI=1S/C22H38O3/c1-4-6-7-19-18(15-8-10-17(23)12-15)11-9-16-14-22(3,24)21(25-5-2)13-20(16)19/h15-16,18-21,24H,4-14H2,1-3H3/t15-,16+,18+,19+,20+,21+,22+/m1/s1. The van der Waals surface area contributed by atoms with Crippen LogP contribution in [0.2, 0.25) is 0 Å². The number of carbonyl (C=O) groups excluding carboxylic acids is 1. The minimum Gasteiger partial charge on any atom is -0.387 e. The number of hydrogen-bond donors (Lipinski definition) is 1. The second-order valence-corrected chi connectivity index (χ2v) is 9.25. The summed E-state index contributed by atoms with van der Waals surface area (Å²) in [5.74, 6) is 3.89.